The molecule has 4 aliphatic carbocycles. The Morgan fingerprint density at radius 1 is 0.946 bits per heavy atom. The first kappa shape index (κ1) is 25.9. The molecule has 0 amide bonds. The van der Waals surface area contributed by atoms with Gasteiger partial charge in [0.2, 0.25) is 0 Å². The molecule has 8 heteroatoms. The molecule has 2 heterocycles. The third kappa shape index (κ3) is 2.97. The maximum atomic E-state index is 13.4. The molecule has 6 rings (SSSR count). The van der Waals surface area contributed by atoms with E-state index in [1.807, 2.05) is 20.8 Å². The summed E-state index contributed by atoms with van der Waals surface area (Å²) in [5, 5.41) is 44.8. The number of hydrogen-bond acceptors (Lipinski definition) is 8. The largest absolute Gasteiger partial charge is 0.459 e. The van der Waals surface area contributed by atoms with E-state index in [1.54, 1.807) is 13.0 Å². The summed E-state index contributed by atoms with van der Waals surface area (Å²) >= 11 is 0. The van der Waals surface area contributed by atoms with Gasteiger partial charge in [-0.2, -0.15) is 0 Å². The predicted molar refractivity (Wildman–Crippen MR) is 132 cm³/mol. The van der Waals surface area contributed by atoms with Crippen molar-refractivity contribution in [2.45, 2.75) is 121 Å². The summed E-state index contributed by atoms with van der Waals surface area (Å²) < 4.78 is 12.3. The van der Waals surface area contributed by atoms with E-state index in [9.17, 15) is 30.0 Å². The molecular formula is C29H42O8. The van der Waals surface area contributed by atoms with Crippen LogP contribution in [0.15, 0.2) is 11.6 Å². The van der Waals surface area contributed by atoms with Gasteiger partial charge in [-0.3, -0.25) is 9.59 Å². The topological polar surface area (TPSA) is 134 Å². The average molecular weight is 519 g/mol. The number of aliphatic hydroxyl groups excluding tert-OH is 3. The van der Waals surface area contributed by atoms with Crippen LogP contribution in [0.1, 0.15) is 79.6 Å². The molecule has 37 heavy (non-hydrogen) atoms. The summed E-state index contributed by atoms with van der Waals surface area (Å²) in [4.78, 5) is 25.8. The zero-order valence-corrected chi connectivity index (χ0v) is 22.6. The molecule has 0 bridgehead atoms. The average Bonchev–Trinajstić information content (AvgIpc) is 3.34. The maximum absolute atomic E-state index is 13.4. The molecule has 13 atom stereocenters. The van der Waals surface area contributed by atoms with Gasteiger partial charge in [-0.25, -0.2) is 0 Å². The summed E-state index contributed by atoms with van der Waals surface area (Å²) in [6.45, 7) is 9.64. The van der Waals surface area contributed by atoms with Gasteiger partial charge in [-0.05, 0) is 88.2 Å². The Bertz CT molecular complexity index is 1070. The van der Waals surface area contributed by atoms with Gasteiger partial charge in [0.1, 0.15) is 11.7 Å². The van der Waals surface area contributed by atoms with E-state index in [-0.39, 0.29) is 35.9 Å². The van der Waals surface area contributed by atoms with Crippen LogP contribution in [-0.4, -0.2) is 73.4 Å². The van der Waals surface area contributed by atoms with Gasteiger partial charge in [0.15, 0.2) is 5.78 Å². The second kappa shape index (κ2) is 7.66. The third-order valence-corrected chi connectivity index (χ3v) is 12.5. The van der Waals surface area contributed by atoms with E-state index in [0.717, 1.165) is 12.0 Å². The fourth-order valence-corrected chi connectivity index (χ4v) is 10.1. The van der Waals surface area contributed by atoms with Gasteiger partial charge >= 0.3 is 5.97 Å². The number of carbonyl (C=O) groups is 2. The van der Waals surface area contributed by atoms with Gasteiger partial charge < -0.3 is 29.9 Å². The molecule has 6 aliphatic rings. The molecular weight excluding hydrogens is 476 g/mol. The number of fused-ring (bicyclic) bond motifs is 5. The highest BCUT2D eigenvalue weighted by atomic mass is 16.6. The van der Waals surface area contributed by atoms with E-state index < -0.39 is 58.0 Å². The fourth-order valence-electron chi connectivity index (χ4n) is 10.1. The predicted octanol–water partition coefficient (Wildman–Crippen LogP) is 2.05. The summed E-state index contributed by atoms with van der Waals surface area (Å²) in [6.07, 6.45) is 1.92. The van der Waals surface area contributed by atoms with Gasteiger partial charge in [0.25, 0.3) is 0 Å². The van der Waals surface area contributed by atoms with Crippen molar-refractivity contribution in [3.8, 4) is 0 Å². The van der Waals surface area contributed by atoms with Crippen LogP contribution in [0.4, 0.5) is 0 Å². The highest BCUT2D eigenvalue weighted by Crippen LogP contribution is 2.70. The zero-order valence-electron chi connectivity index (χ0n) is 22.6. The van der Waals surface area contributed by atoms with Crippen LogP contribution in [0.3, 0.4) is 0 Å². The lowest BCUT2D eigenvalue weighted by Gasteiger charge is -2.60. The van der Waals surface area contributed by atoms with Crippen molar-refractivity contribution in [2.24, 2.45) is 34.5 Å². The standard InChI is InChI=1S/C29H42O8/c1-14-24(34)36-15(2)28(14)13-23(33)27(5,37-28)22-7-9-29(35)17-10-19(30)18-11-20(31)21(32)12-25(18,3)16(17)6-8-26(22,29)4/h10,14-16,18,20-23,31-33,35H,6-9,11-13H2,1-5H3. The zero-order chi connectivity index (χ0) is 26.9. The number of ether oxygens (including phenoxy) is 2. The summed E-state index contributed by atoms with van der Waals surface area (Å²) in [7, 11) is 0. The Balaban J connectivity index is 1.37. The Hall–Kier alpha value is -1.32. The molecule has 0 aromatic carbocycles. The van der Waals surface area contributed by atoms with Crippen molar-refractivity contribution in [3.63, 3.8) is 0 Å². The molecule has 2 saturated heterocycles. The molecule has 8 nitrogen and oxygen atoms in total. The molecule has 13 unspecified atom stereocenters. The Morgan fingerprint density at radius 3 is 2.30 bits per heavy atom. The van der Waals surface area contributed by atoms with Gasteiger partial charge in [0, 0.05) is 17.8 Å². The first-order valence-corrected chi connectivity index (χ1v) is 14.1. The molecule has 0 aromatic rings. The number of rotatable bonds is 1. The molecule has 3 saturated carbocycles. The van der Waals surface area contributed by atoms with E-state index in [0.29, 0.717) is 32.1 Å². The molecule has 5 fully saturated rings. The number of esters is 1. The summed E-state index contributed by atoms with van der Waals surface area (Å²) in [5.41, 5.74) is -3.56. The smallest absolute Gasteiger partial charge is 0.312 e. The summed E-state index contributed by atoms with van der Waals surface area (Å²) in [5.74, 6) is -1.52. The lowest BCUT2D eigenvalue weighted by molar-refractivity contribution is -0.203. The van der Waals surface area contributed by atoms with E-state index in [1.165, 1.54) is 0 Å². The molecule has 4 N–H and O–H groups in total. The van der Waals surface area contributed by atoms with Gasteiger partial charge in [0.05, 0.1) is 35.4 Å². The Labute approximate surface area is 218 Å². The van der Waals surface area contributed by atoms with Crippen LogP contribution >= 0.6 is 0 Å². The Kier molecular flexibility index (Phi) is 5.37. The van der Waals surface area contributed by atoms with E-state index in [2.05, 4.69) is 6.92 Å². The normalized spacial score (nSPS) is 59.1. The molecule has 0 radical (unpaired) electrons. The van der Waals surface area contributed by atoms with Crippen LogP contribution < -0.4 is 0 Å². The van der Waals surface area contributed by atoms with Crippen molar-refractivity contribution in [1.82, 2.24) is 0 Å². The van der Waals surface area contributed by atoms with Gasteiger partial charge in [-0.15, -0.1) is 0 Å². The minimum atomic E-state index is -1.24. The van der Waals surface area contributed by atoms with Crippen LogP contribution in [0, 0.1) is 34.5 Å². The molecule has 206 valence electrons. The quantitative estimate of drug-likeness (QED) is 0.388. The second-order valence-corrected chi connectivity index (χ2v) is 13.9. The number of carbonyl (C=O) groups excluding carboxylic acids is 2. The SMILES string of the molecule is CC1OC(=O)C(C)C12CC(O)C(C)(C1CCC3(O)C4=CC(=O)C5CC(O)C(O)CC5(C)C4CCC13C)O2. The number of ketones is 1. The first-order valence-electron chi connectivity index (χ1n) is 14.1. The van der Waals surface area contributed by atoms with Crippen molar-refractivity contribution in [1.29, 1.82) is 0 Å². The minimum Gasteiger partial charge on any atom is -0.459 e. The lowest BCUT2D eigenvalue weighted by atomic mass is 9.45. The molecule has 2 aliphatic heterocycles. The number of aliphatic hydroxyl groups is 4. The van der Waals surface area contributed by atoms with Crippen LogP contribution in [0.25, 0.3) is 0 Å². The maximum Gasteiger partial charge on any atom is 0.312 e. The van der Waals surface area contributed by atoms with E-state index in [4.69, 9.17) is 9.47 Å². The molecule has 0 aromatic heterocycles. The van der Waals surface area contributed by atoms with Crippen molar-refractivity contribution < 1.29 is 39.5 Å². The van der Waals surface area contributed by atoms with Crippen molar-refractivity contribution in [2.75, 3.05) is 0 Å². The first-order chi connectivity index (χ1) is 17.1. The highest BCUT2D eigenvalue weighted by molar-refractivity contribution is 5.95. The van der Waals surface area contributed by atoms with Crippen LogP contribution in [0.2, 0.25) is 0 Å². The van der Waals surface area contributed by atoms with Crippen LogP contribution in [0.5, 0.6) is 0 Å². The van der Waals surface area contributed by atoms with Crippen LogP contribution in [-0.2, 0) is 19.1 Å². The fraction of sp³-hybridized carbons (Fsp3) is 0.862. The number of cyclic esters (lactones) is 1. The lowest BCUT2D eigenvalue weighted by Crippen LogP contribution is -2.62. The number of allylic oxidation sites excluding steroid dienone is 1. The Morgan fingerprint density at radius 2 is 1.65 bits per heavy atom. The molecule has 1 spiro atoms. The monoisotopic (exact) mass is 518 g/mol. The summed E-state index contributed by atoms with van der Waals surface area (Å²) in [6, 6.07) is 0. The number of hydrogen-bond donors (Lipinski definition) is 4. The van der Waals surface area contributed by atoms with Crippen molar-refractivity contribution in [3.05, 3.63) is 11.6 Å². The minimum absolute atomic E-state index is 0.0661. The van der Waals surface area contributed by atoms with Gasteiger partial charge in [-0.1, -0.05) is 13.8 Å². The highest BCUT2D eigenvalue weighted by Gasteiger charge is 2.73. The second-order valence-electron chi connectivity index (χ2n) is 13.9. The van der Waals surface area contributed by atoms with E-state index >= 15 is 0 Å². The van der Waals surface area contributed by atoms with Crippen molar-refractivity contribution >= 4 is 11.8 Å². The third-order valence-electron chi connectivity index (χ3n) is 12.5.